The molecule has 1 aliphatic carbocycles. The summed E-state index contributed by atoms with van der Waals surface area (Å²) in [5.74, 6) is 1.07. The summed E-state index contributed by atoms with van der Waals surface area (Å²) in [6.45, 7) is 10.1. The zero-order valence-corrected chi connectivity index (χ0v) is 15.0. The normalized spacial score (nSPS) is 33.1. The van der Waals surface area contributed by atoms with Crippen molar-refractivity contribution in [3.8, 4) is 0 Å². The molecule has 2 aliphatic heterocycles. The fraction of sp³-hybridized carbons (Fsp3) is 0.944. The third-order valence-electron chi connectivity index (χ3n) is 5.46. The topological polar surface area (TPSA) is 36.0 Å². The van der Waals surface area contributed by atoms with E-state index in [9.17, 15) is 4.79 Å². The monoisotopic (exact) mass is 323 g/mol. The molecular weight excluding hydrogens is 290 g/mol. The summed E-state index contributed by atoms with van der Waals surface area (Å²) in [7, 11) is 1.97. The van der Waals surface area contributed by atoms with Crippen LogP contribution in [0, 0.1) is 5.92 Å². The van der Waals surface area contributed by atoms with Gasteiger partial charge in [-0.25, -0.2) is 0 Å². The van der Waals surface area contributed by atoms with Crippen LogP contribution >= 0.6 is 0 Å². The number of carbonyl (C=O) groups is 1. The zero-order chi connectivity index (χ0) is 16.4. The van der Waals surface area contributed by atoms with E-state index in [1.54, 1.807) is 0 Å². The second-order valence-electron chi connectivity index (χ2n) is 7.96. The molecule has 1 saturated carbocycles. The number of nitrogens with zero attached hydrogens (tertiary/aromatic N) is 3. The fourth-order valence-corrected chi connectivity index (χ4v) is 4.13. The number of hydrogen-bond donors (Lipinski definition) is 0. The van der Waals surface area contributed by atoms with Crippen LogP contribution in [0.1, 0.15) is 39.5 Å². The first-order valence-corrected chi connectivity index (χ1v) is 9.37. The van der Waals surface area contributed by atoms with Gasteiger partial charge in [0.1, 0.15) is 0 Å². The Labute approximate surface area is 140 Å². The number of hydrogen-bond acceptors (Lipinski definition) is 4. The van der Waals surface area contributed by atoms with Crippen LogP contribution in [-0.4, -0.2) is 85.2 Å². The third kappa shape index (κ3) is 4.91. The second-order valence-corrected chi connectivity index (χ2v) is 7.96. The average molecular weight is 323 g/mol. The van der Waals surface area contributed by atoms with Gasteiger partial charge in [0.25, 0.3) is 0 Å². The minimum Gasteiger partial charge on any atom is -0.373 e. The lowest BCUT2D eigenvalue weighted by atomic mass is 10.1. The summed E-state index contributed by atoms with van der Waals surface area (Å²) < 4.78 is 5.83. The van der Waals surface area contributed by atoms with Crippen molar-refractivity contribution in [2.75, 3.05) is 46.3 Å². The van der Waals surface area contributed by atoms with Crippen molar-refractivity contribution >= 4 is 5.91 Å². The highest BCUT2D eigenvalue weighted by Gasteiger charge is 2.32. The fourth-order valence-electron chi connectivity index (χ4n) is 4.13. The van der Waals surface area contributed by atoms with Gasteiger partial charge in [-0.2, -0.15) is 0 Å². The van der Waals surface area contributed by atoms with Gasteiger partial charge in [0, 0.05) is 39.3 Å². The molecule has 0 aromatic rings. The molecule has 3 atom stereocenters. The van der Waals surface area contributed by atoms with Crippen molar-refractivity contribution in [1.29, 1.82) is 0 Å². The van der Waals surface area contributed by atoms with E-state index < -0.39 is 0 Å². The molecule has 5 nitrogen and oxygen atoms in total. The van der Waals surface area contributed by atoms with E-state index in [0.717, 1.165) is 38.6 Å². The molecular formula is C18H33N3O2. The maximum atomic E-state index is 12.5. The van der Waals surface area contributed by atoms with Crippen LogP contribution in [0.25, 0.3) is 0 Å². The number of likely N-dealkylation sites (N-methyl/N-ethyl adjacent to an activating group) is 1. The third-order valence-corrected chi connectivity index (χ3v) is 5.46. The first-order valence-electron chi connectivity index (χ1n) is 9.37. The standard InChI is InChI=1S/C18H33N3O2/c1-14-9-20(10-15(2)23-14)12-17-5-4-8-21(17)13-18(22)19(3)11-16-6-7-16/h14-17H,4-13H2,1-3H3. The molecule has 3 aliphatic rings. The van der Waals surface area contributed by atoms with E-state index in [-0.39, 0.29) is 0 Å². The van der Waals surface area contributed by atoms with E-state index in [1.807, 2.05) is 11.9 Å². The smallest absolute Gasteiger partial charge is 0.236 e. The minimum atomic E-state index is 0.299. The lowest BCUT2D eigenvalue weighted by Gasteiger charge is -2.38. The van der Waals surface area contributed by atoms with Gasteiger partial charge < -0.3 is 9.64 Å². The van der Waals surface area contributed by atoms with Crippen molar-refractivity contribution in [2.45, 2.75) is 57.8 Å². The predicted molar refractivity (Wildman–Crippen MR) is 91.4 cm³/mol. The van der Waals surface area contributed by atoms with Gasteiger partial charge in [0.05, 0.1) is 18.8 Å². The number of morpholine rings is 1. The SMILES string of the molecule is CC1CN(CC2CCCN2CC(=O)N(C)CC2CC2)CC(C)O1. The first-order chi connectivity index (χ1) is 11.0. The Balaban J connectivity index is 1.47. The van der Waals surface area contributed by atoms with Crippen LogP contribution < -0.4 is 0 Å². The molecule has 5 heteroatoms. The van der Waals surface area contributed by atoms with Crippen LogP contribution in [0.5, 0.6) is 0 Å². The van der Waals surface area contributed by atoms with Crippen LogP contribution in [0.2, 0.25) is 0 Å². The van der Waals surface area contributed by atoms with Crippen molar-refractivity contribution in [3.63, 3.8) is 0 Å². The second kappa shape index (κ2) is 7.49. The lowest BCUT2D eigenvalue weighted by Crippen LogP contribution is -2.51. The molecule has 132 valence electrons. The van der Waals surface area contributed by atoms with Gasteiger partial charge >= 0.3 is 0 Å². The molecule has 2 heterocycles. The highest BCUT2D eigenvalue weighted by atomic mass is 16.5. The first kappa shape index (κ1) is 17.2. The van der Waals surface area contributed by atoms with Gasteiger partial charge in [0.15, 0.2) is 0 Å². The summed E-state index contributed by atoms with van der Waals surface area (Å²) in [5, 5.41) is 0. The molecule has 3 fully saturated rings. The van der Waals surface area contributed by atoms with E-state index in [0.29, 0.717) is 30.7 Å². The largest absolute Gasteiger partial charge is 0.373 e. The molecule has 0 spiro atoms. The average Bonchev–Trinajstić information content (AvgIpc) is 3.18. The Bertz CT molecular complexity index is 403. The predicted octanol–water partition coefficient (Wildman–Crippen LogP) is 1.43. The molecule has 3 rings (SSSR count). The maximum absolute atomic E-state index is 12.5. The van der Waals surface area contributed by atoms with Gasteiger partial charge in [0.2, 0.25) is 5.91 Å². The van der Waals surface area contributed by atoms with E-state index >= 15 is 0 Å². The Morgan fingerprint density at radius 1 is 1.17 bits per heavy atom. The van der Waals surface area contributed by atoms with Gasteiger partial charge in [-0.3, -0.25) is 14.6 Å². The molecule has 2 saturated heterocycles. The molecule has 0 bridgehead atoms. The maximum Gasteiger partial charge on any atom is 0.236 e. The lowest BCUT2D eigenvalue weighted by molar-refractivity contribution is -0.131. The van der Waals surface area contributed by atoms with Crippen molar-refractivity contribution in [3.05, 3.63) is 0 Å². The van der Waals surface area contributed by atoms with Crippen LogP contribution in [0.15, 0.2) is 0 Å². The van der Waals surface area contributed by atoms with E-state index in [2.05, 4.69) is 23.6 Å². The Kier molecular flexibility index (Phi) is 5.60. The molecule has 1 amide bonds. The zero-order valence-electron chi connectivity index (χ0n) is 15.0. The molecule has 3 unspecified atom stereocenters. The summed E-state index contributed by atoms with van der Waals surface area (Å²) in [6.07, 6.45) is 5.69. The molecule has 0 aromatic carbocycles. The summed E-state index contributed by atoms with van der Waals surface area (Å²) >= 11 is 0. The van der Waals surface area contributed by atoms with Gasteiger partial charge in [-0.15, -0.1) is 0 Å². The van der Waals surface area contributed by atoms with E-state index in [1.165, 1.54) is 25.7 Å². The molecule has 0 aromatic heterocycles. The Hall–Kier alpha value is -0.650. The van der Waals surface area contributed by atoms with Crippen LogP contribution in [0.3, 0.4) is 0 Å². The Morgan fingerprint density at radius 3 is 2.52 bits per heavy atom. The van der Waals surface area contributed by atoms with Gasteiger partial charge in [-0.05, 0) is 52.0 Å². The number of carbonyl (C=O) groups excluding carboxylic acids is 1. The van der Waals surface area contributed by atoms with Crippen molar-refractivity contribution in [1.82, 2.24) is 14.7 Å². The van der Waals surface area contributed by atoms with Crippen molar-refractivity contribution < 1.29 is 9.53 Å². The summed E-state index contributed by atoms with van der Waals surface area (Å²) in [5.41, 5.74) is 0. The molecule has 0 N–H and O–H groups in total. The number of likely N-dealkylation sites (tertiary alicyclic amines) is 1. The number of rotatable bonds is 6. The molecule has 23 heavy (non-hydrogen) atoms. The summed E-state index contributed by atoms with van der Waals surface area (Å²) in [4.78, 5) is 19.3. The number of amides is 1. The minimum absolute atomic E-state index is 0.299. The highest BCUT2D eigenvalue weighted by Crippen LogP contribution is 2.29. The van der Waals surface area contributed by atoms with Crippen LogP contribution in [0.4, 0.5) is 0 Å². The highest BCUT2D eigenvalue weighted by molar-refractivity contribution is 5.78. The summed E-state index contributed by atoms with van der Waals surface area (Å²) in [6, 6.07) is 0.533. The van der Waals surface area contributed by atoms with Gasteiger partial charge in [-0.1, -0.05) is 0 Å². The molecule has 0 radical (unpaired) electrons. The van der Waals surface area contributed by atoms with Crippen molar-refractivity contribution in [2.24, 2.45) is 5.92 Å². The van der Waals surface area contributed by atoms with E-state index in [4.69, 9.17) is 4.74 Å². The van der Waals surface area contributed by atoms with Crippen LogP contribution in [-0.2, 0) is 9.53 Å². The number of ether oxygens (including phenoxy) is 1. The Morgan fingerprint density at radius 2 is 1.87 bits per heavy atom. The quantitative estimate of drug-likeness (QED) is 0.741.